The molecule has 0 bridgehead atoms. The van der Waals surface area contributed by atoms with Crippen molar-refractivity contribution in [1.82, 2.24) is 0 Å². The first kappa shape index (κ1) is 15.9. The van der Waals surface area contributed by atoms with Crippen LogP contribution in [0.2, 0.25) is 0 Å². The zero-order valence-corrected chi connectivity index (χ0v) is 15.7. The molecule has 0 saturated carbocycles. The molecule has 0 aliphatic carbocycles. The number of fused-ring (bicyclic) bond motifs is 2. The van der Waals surface area contributed by atoms with Gasteiger partial charge in [-0.25, -0.2) is 0 Å². The molecule has 0 radical (unpaired) electrons. The highest BCUT2D eigenvalue weighted by Gasteiger charge is 2.26. The maximum absolute atomic E-state index is 3.56. The summed E-state index contributed by atoms with van der Waals surface area (Å²) in [4.78, 5) is 4.91. The van der Waals surface area contributed by atoms with Crippen LogP contribution in [0.5, 0.6) is 0 Å². The lowest BCUT2D eigenvalue weighted by molar-refractivity contribution is 0.850. The predicted molar refractivity (Wildman–Crippen MR) is 104 cm³/mol. The molecular weight excluding hydrogens is 404 g/mol. The van der Waals surface area contributed by atoms with Gasteiger partial charge >= 0.3 is 0 Å². The number of alkyl halides is 2. The summed E-state index contributed by atoms with van der Waals surface area (Å²) in [5, 5.41) is 2.06. The van der Waals surface area contributed by atoms with Gasteiger partial charge in [-0.3, -0.25) is 0 Å². The molecule has 1 aliphatic rings. The summed E-state index contributed by atoms with van der Waals surface area (Å²) in [5.41, 5.74) is 5.27. The van der Waals surface area contributed by atoms with E-state index in [2.05, 4.69) is 90.2 Å². The molecule has 1 heterocycles. The standard InChI is InChI=1S/C18H20Br2N2/c19-11-5-13-21-15-7-1-2-8-16(15)22(14-6-12-20)18-10-4-3-9-17(18)21/h1-4,7-10H,5-6,11-14H2. The number of rotatable bonds is 6. The van der Waals surface area contributed by atoms with Crippen molar-refractivity contribution >= 4 is 54.6 Å². The van der Waals surface area contributed by atoms with Crippen LogP contribution < -0.4 is 9.80 Å². The van der Waals surface area contributed by atoms with Crippen molar-refractivity contribution in [2.45, 2.75) is 12.8 Å². The Hall–Kier alpha value is -1.00. The Morgan fingerprint density at radius 3 is 1.18 bits per heavy atom. The van der Waals surface area contributed by atoms with Crippen molar-refractivity contribution in [3.05, 3.63) is 48.5 Å². The van der Waals surface area contributed by atoms with Gasteiger partial charge < -0.3 is 9.80 Å². The molecule has 0 N–H and O–H groups in total. The summed E-state index contributed by atoms with van der Waals surface area (Å²) in [5.74, 6) is 0. The molecule has 4 heteroatoms. The van der Waals surface area contributed by atoms with E-state index in [0.717, 1.165) is 36.6 Å². The van der Waals surface area contributed by atoms with Gasteiger partial charge in [-0.1, -0.05) is 56.1 Å². The Bertz CT molecular complexity index is 528. The number of anilines is 4. The average molecular weight is 424 g/mol. The van der Waals surface area contributed by atoms with Gasteiger partial charge in [-0.2, -0.15) is 0 Å². The zero-order chi connectivity index (χ0) is 15.4. The predicted octanol–water partition coefficient (Wildman–Crippen LogP) is 5.85. The molecule has 2 aromatic carbocycles. The molecule has 0 aromatic heterocycles. The maximum Gasteiger partial charge on any atom is 0.0652 e. The van der Waals surface area contributed by atoms with Crippen molar-refractivity contribution in [3.63, 3.8) is 0 Å². The van der Waals surface area contributed by atoms with Crippen LogP contribution in [0, 0.1) is 0 Å². The van der Waals surface area contributed by atoms with E-state index in [9.17, 15) is 0 Å². The van der Waals surface area contributed by atoms with Crippen molar-refractivity contribution in [3.8, 4) is 0 Å². The first-order valence-corrected chi connectivity index (χ1v) is 9.96. The molecule has 2 nitrogen and oxygen atoms in total. The van der Waals surface area contributed by atoms with E-state index in [1.807, 2.05) is 0 Å². The Morgan fingerprint density at radius 1 is 0.591 bits per heavy atom. The lowest BCUT2D eigenvalue weighted by Crippen LogP contribution is -2.31. The molecule has 0 unspecified atom stereocenters. The summed E-state index contributed by atoms with van der Waals surface area (Å²) < 4.78 is 0. The van der Waals surface area contributed by atoms with Crippen LogP contribution in [0.4, 0.5) is 22.7 Å². The van der Waals surface area contributed by atoms with Crippen LogP contribution in [0.15, 0.2) is 48.5 Å². The molecule has 3 rings (SSSR count). The van der Waals surface area contributed by atoms with Crippen molar-refractivity contribution in [2.24, 2.45) is 0 Å². The van der Waals surface area contributed by atoms with Crippen molar-refractivity contribution in [1.29, 1.82) is 0 Å². The minimum atomic E-state index is 1.03. The molecule has 0 saturated heterocycles. The second-order valence-electron chi connectivity index (χ2n) is 5.37. The van der Waals surface area contributed by atoms with Gasteiger partial charge in [0.2, 0.25) is 0 Å². The minimum Gasteiger partial charge on any atom is -0.338 e. The molecule has 0 spiro atoms. The fourth-order valence-electron chi connectivity index (χ4n) is 3.02. The number of nitrogens with zero attached hydrogens (tertiary/aromatic N) is 2. The molecule has 22 heavy (non-hydrogen) atoms. The van der Waals surface area contributed by atoms with Crippen LogP contribution in [-0.4, -0.2) is 23.7 Å². The smallest absolute Gasteiger partial charge is 0.0652 e. The minimum absolute atomic E-state index is 1.03. The molecule has 2 aromatic rings. The topological polar surface area (TPSA) is 6.48 Å². The Labute approximate surface area is 149 Å². The fourth-order valence-corrected chi connectivity index (χ4v) is 3.52. The van der Waals surface area contributed by atoms with Gasteiger partial charge in [0, 0.05) is 23.7 Å². The van der Waals surface area contributed by atoms with E-state index in [0.29, 0.717) is 0 Å². The Kier molecular flexibility index (Phi) is 5.42. The SMILES string of the molecule is BrCCCN1c2ccccc2N(CCCBr)c2ccccc21. The summed E-state index contributed by atoms with van der Waals surface area (Å²) in [6, 6.07) is 17.5. The highest BCUT2D eigenvalue weighted by molar-refractivity contribution is 9.09. The van der Waals surface area contributed by atoms with Crippen LogP contribution in [0.3, 0.4) is 0 Å². The summed E-state index contributed by atoms with van der Waals surface area (Å²) in [7, 11) is 0. The lowest BCUT2D eigenvalue weighted by atomic mass is 10.1. The van der Waals surface area contributed by atoms with Crippen LogP contribution >= 0.6 is 31.9 Å². The summed E-state index contributed by atoms with van der Waals surface area (Å²) >= 11 is 7.12. The van der Waals surface area contributed by atoms with Gasteiger partial charge in [0.25, 0.3) is 0 Å². The van der Waals surface area contributed by atoms with Gasteiger partial charge in [0.15, 0.2) is 0 Å². The van der Waals surface area contributed by atoms with Gasteiger partial charge in [0.1, 0.15) is 0 Å². The summed E-state index contributed by atoms with van der Waals surface area (Å²) in [6.07, 6.45) is 2.26. The quantitative estimate of drug-likeness (QED) is 0.538. The van der Waals surface area contributed by atoms with Crippen LogP contribution in [0.25, 0.3) is 0 Å². The van der Waals surface area contributed by atoms with E-state index >= 15 is 0 Å². The van der Waals surface area contributed by atoms with E-state index < -0.39 is 0 Å². The second-order valence-corrected chi connectivity index (χ2v) is 6.95. The zero-order valence-electron chi connectivity index (χ0n) is 12.5. The average Bonchev–Trinajstić information content (AvgIpc) is 2.58. The van der Waals surface area contributed by atoms with E-state index in [1.165, 1.54) is 22.7 Å². The summed E-state index contributed by atoms with van der Waals surface area (Å²) in [6.45, 7) is 2.07. The maximum atomic E-state index is 3.56. The van der Waals surface area contributed by atoms with Crippen LogP contribution in [-0.2, 0) is 0 Å². The number of hydrogen-bond donors (Lipinski definition) is 0. The molecule has 1 aliphatic heterocycles. The highest BCUT2D eigenvalue weighted by atomic mass is 79.9. The van der Waals surface area contributed by atoms with Crippen LogP contribution in [0.1, 0.15) is 12.8 Å². The number of hydrogen-bond acceptors (Lipinski definition) is 2. The lowest BCUT2D eigenvalue weighted by Gasteiger charge is -2.40. The monoisotopic (exact) mass is 422 g/mol. The molecule has 0 atom stereocenters. The molecule has 0 amide bonds. The first-order valence-electron chi connectivity index (χ1n) is 7.72. The van der Waals surface area contributed by atoms with E-state index in [4.69, 9.17) is 0 Å². The fraction of sp³-hybridized carbons (Fsp3) is 0.333. The number of para-hydroxylation sites is 4. The van der Waals surface area contributed by atoms with Crippen molar-refractivity contribution < 1.29 is 0 Å². The molecular formula is C18H20Br2N2. The largest absolute Gasteiger partial charge is 0.338 e. The third kappa shape index (κ3) is 3.04. The Morgan fingerprint density at radius 2 is 0.909 bits per heavy atom. The highest BCUT2D eigenvalue weighted by Crippen LogP contribution is 2.47. The van der Waals surface area contributed by atoms with Gasteiger partial charge in [-0.15, -0.1) is 0 Å². The van der Waals surface area contributed by atoms with Gasteiger partial charge in [-0.05, 0) is 37.1 Å². The van der Waals surface area contributed by atoms with Gasteiger partial charge in [0.05, 0.1) is 22.7 Å². The third-order valence-electron chi connectivity index (χ3n) is 3.96. The number of benzene rings is 2. The second kappa shape index (κ2) is 7.51. The van der Waals surface area contributed by atoms with E-state index in [1.54, 1.807) is 0 Å². The first-order chi connectivity index (χ1) is 10.9. The Balaban J connectivity index is 2.06. The third-order valence-corrected chi connectivity index (χ3v) is 5.08. The molecule has 0 fully saturated rings. The van der Waals surface area contributed by atoms with Crippen molar-refractivity contribution in [2.75, 3.05) is 33.5 Å². The van der Waals surface area contributed by atoms with E-state index in [-0.39, 0.29) is 0 Å². The number of halogens is 2. The normalized spacial score (nSPS) is 13.0. The molecule has 116 valence electrons.